The monoisotopic (exact) mass is 420 g/mol. The molecule has 1 aliphatic rings. The lowest BCUT2D eigenvalue weighted by atomic mass is 10.0. The maximum Gasteiger partial charge on any atom is 0.275 e. The molecule has 3 aromatic carbocycles. The van der Waals surface area contributed by atoms with Crippen molar-refractivity contribution in [2.24, 2.45) is 4.99 Å². The lowest BCUT2D eigenvalue weighted by molar-refractivity contribution is -0.110. The van der Waals surface area contributed by atoms with E-state index in [1.165, 1.54) is 0 Å². The molecule has 1 aliphatic heterocycles. The van der Waals surface area contributed by atoms with Crippen LogP contribution in [-0.2, 0) is 11.2 Å². The first-order valence-electron chi connectivity index (χ1n) is 8.70. The van der Waals surface area contributed by atoms with Crippen molar-refractivity contribution in [2.75, 3.05) is 5.32 Å². The Labute approximate surface area is 166 Å². The third-order valence-corrected chi connectivity index (χ3v) is 4.79. The summed E-state index contributed by atoms with van der Waals surface area (Å²) in [6, 6.07) is 20.9. The molecular formula is C22H17BrN2O2. The minimum Gasteiger partial charge on any atom is -0.457 e. The number of aryl methyl sites for hydroxylation is 1. The van der Waals surface area contributed by atoms with E-state index in [-0.39, 0.29) is 5.91 Å². The number of benzene rings is 3. The molecule has 0 aromatic heterocycles. The molecule has 4 nitrogen and oxygen atoms in total. The van der Waals surface area contributed by atoms with Crippen molar-refractivity contribution >= 4 is 38.9 Å². The topological polar surface area (TPSA) is 50.7 Å². The highest BCUT2D eigenvalue weighted by molar-refractivity contribution is 9.10. The number of anilines is 1. The summed E-state index contributed by atoms with van der Waals surface area (Å²) in [6.07, 6.45) is 0.834. The smallest absolute Gasteiger partial charge is 0.275 e. The number of ether oxygens (including phenoxy) is 1. The summed E-state index contributed by atoms with van der Waals surface area (Å²) in [5.74, 6) is 1.32. The summed E-state index contributed by atoms with van der Waals surface area (Å²) < 4.78 is 6.73. The first kappa shape index (κ1) is 17.5. The zero-order valence-electron chi connectivity index (χ0n) is 14.7. The highest BCUT2D eigenvalue weighted by Gasteiger charge is 2.28. The molecule has 0 spiro atoms. The highest BCUT2D eigenvalue weighted by atomic mass is 79.9. The number of aliphatic imine (C=N–C) groups is 1. The molecule has 5 heteroatoms. The summed E-state index contributed by atoms with van der Waals surface area (Å²) in [5.41, 5.74) is 3.90. The summed E-state index contributed by atoms with van der Waals surface area (Å²) in [5, 5.41) is 2.94. The molecule has 3 aromatic rings. The van der Waals surface area contributed by atoms with E-state index < -0.39 is 0 Å². The Kier molecular flexibility index (Phi) is 4.77. The second kappa shape index (κ2) is 7.37. The van der Waals surface area contributed by atoms with Crippen molar-refractivity contribution in [3.8, 4) is 11.5 Å². The van der Waals surface area contributed by atoms with Crippen LogP contribution < -0.4 is 10.1 Å². The Balaban J connectivity index is 1.63. The number of hydrogen-bond donors (Lipinski definition) is 1. The number of rotatable bonds is 4. The molecular weight excluding hydrogens is 404 g/mol. The average molecular weight is 421 g/mol. The van der Waals surface area contributed by atoms with Crippen LogP contribution in [0.25, 0.3) is 0 Å². The molecule has 0 radical (unpaired) electrons. The number of nitrogens with one attached hydrogen (secondary N) is 1. The Morgan fingerprint density at radius 3 is 2.41 bits per heavy atom. The van der Waals surface area contributed by atoms with Gasteiger partial charge in [0, 0.05) is 10.0 Å². The van der Waals surface area contributed by atoms with Crippen molar-refractivity contribution in [2.45, 2.75) is 13.3 Å². The predicted octanol–water partition coefficient (Wildman–Crippen LogP) is 5.88. The van der Waals surface area contributed by atoms with Gasteiger partial charge < -0.3 is 10.1 Å². The van der Waals surface area contributed by atoms with Gasteiger partial charge >= 0.3 is 0 Å². The van der Waals surface area contributed by atoms with Gasteiger partial charge in [-0.25, -0.2) is 4.99 Å². The van der Waals surface area contributed by atoms with Crippen molar-refractivity contribution < 1.29 is 9.53 Å². The Bertz CT molecular complexity index is 1030. The van der Waals surface area contributed by atoms with Gasteiger partial charge in [-0.05, 0) is 60.5 Å². The molecule has 1 amide bonds. The number of carbonyl (C=O) groups excluding carboxylic acids is 1. The molecule has 134 valence electrons. The second-order valence-corrected chi connectivity index (χ2v) is 7.08. The van der Waals surface area contributed by atoms with Crippen molar-refractivity contribution in [1.82, 2.24) is 0 Å². The predicted molar refractivity (Wildman–Crippen MR) is 111 cm³/mol. The number of fused-ring (bicyclic) bond motifs is 1. The minimum absolute atomic E-state index is 0.178. The zero-order valence-corrected chi connectivity index (χ0v) is 16.3. The lowest BCUT2D eigenvalue weighted by Crippen LogP contribution is -2.14. The number of para-hydroxylation sites is 1. The Morgan fingerprint density at radius 1 is 1.00 bits per heavy atom. The third-order valence-electron chi connectivity index (χ3n) is 4.33. The van der Waals surface area contributed by atoms with Gasteiger partial charge in [-0.3, -0.25) is 4.79 Å². The summed E-state index contributed by atoms with van der Waals surface area (Å²) in [6.45, 7) is 2.06. The minimum atomic E-state index is -0.178. The summed E-state index contributed by atoms with van der Waals surface area (Å²) in [7, 11) is 0. The van der Waals surface area contributed by atoms with Crippen molar-refractivity contribution in [1.29, 1.82) is 0 Å². The van der Waals surface area contributed by atoms with E-state index in [1.54, 1.807) is 0 Å². The molecule has 0 bridgehead atoms. The van der Waals surface area contributed by atoms with E-state index in [1.807, 2.05) is 66.7 Å². The normalized spacial score (nSPS) is 14.1. The quantitative estimate of drug-likeness (QED) is 0.572. The molecule has 0 aliphatic carbocycles. The first-order chi connectivity index (χ1) is 13.1. The summed E-state index contributed by atoms with van der Waals surface area (Å²) in [4.78, 5) is 17.0. The van der Waals surface area contributed by atoms with Gasteiger partial charge in [0.2, 0.25) is 0 Å². The van der Waals surface area contributed by atoms with Crippen molar-refractivity contribution in [3.63, 3.8) is 0 Å². The van der Waals surface area contributed by atoms with Crippen LogP contribution in [0.1, 0.15) is 18.1 Å². The third kappa shape index (κ3) is 3.64. The fraction of sp³-hybridized carbons (Fsp3) is 0.0909. The van der Waals surface area contributed by atoms with Gasteiger partial charge in [0.05, 0.1) is 11.4 Å². The number of amides is 1. The van der Waals surface area contributed by atoms with Crippen LogP contribution in [0.2, 0.25) is 0 Å². The average Bonchev–Trinajstić information content (AvgIpc) is 2.99. The van der Waals surface area contributed by atoms with E-state index in [0.717, 1.165) is 39.2 Å². The van der Waals surface area contributed by atoms with Crippen LogP contribution in [0.5, 0.6) is 11.5 Å². The van der Waals surface area contributed by atoms with Crippen LogP contribution in [0.15, 0.2) is 76.2 Å². The van der Waals surface area contributed by atoms with E-state index in [2.05, 4.69) is 33.2 Å². The number of hydrogen-bond acceptors (Lipinski definition) is 3. The van der Waals surface area contributed by atoms with Crippen LogP contribution in [0.4, 0.5) is 11.4 Å². The maximum atomic E-state index is 12.4. The molecule has 1 heterocycles. The Hall–Kier alpha value is -2.92. The maximum absolute atomic E-state index is 12.4. The second-order valence-electron chi connectivity index (χ2n) is 6.16. The molecule has 0 saturated carbocycles. The van der Waals surface area contributed by atoms with Crippen LogP contribution >= 0.6 is 15.9 Å². The van der Waals surface area contributed by atoms with E-state index in [9.17, 15) is 4.79 Å². The SMILES string of the molecule is CCc1cc(Br)cc2c1NC(=O)C2=Nc1ccc(Oc2ccccc2)cc1. The largest absolute Gasteiger partial charge is 0.457 e. The number of nitrogens with zero attached hydrogens (tertiary/aromatic N) is 1. The number of halogens is 1. The molecule has 0 saturated heterocycles. The summed E-state index contributed by atoms with van der Waals surface area (Å²) >= 11 is 3.52. The fourth-order valence-electron chi connectivity index (χ4n) is 3.03. The van der Waals surface area contributed by atoms with Gasteiger partial charge in [0.1, 0.15) is 17.2 Å². The molecule has 0 fully saturated rings. The van der Waals surface area contributed by atoms with E-state index in [4.69, 9.17) is 4.74 Å². The van der Waals surface area contributed by atoms with Gasteiger partial charge in [-0.2, -0.15) is 0 Å². The molecule has 0 unspecified atom stereocenters. The Morgan fingerprint density at radius 2 is 1.70 bits per heavy atom. The standard InChI is InChI=1S/C22H17BrN2O2/c1-2-14-12-15(23)13-19-20(14)25-22(26)21(19)24-16-8-10-18(11-9-16)27-17-6-4-3-5-7-17/h3-13H,2H2,1H3,(H,24,25,26). The molecule has 27 heavy (non-hydrogen) atoms. The van der Waals surface area contributed by atoms with Crippen LogP contribution in [0.3, 0.4) is 0 Å². The molecule has 1 N–H and O–H groups in total. The van der Waals surface area contributed by atoms with Crippen LogP contribution in [-0.4, -0.2) is 11.6 Å². The van der Waals surface area contributed by atoms with Gasteiger partial charge in [-0.1, -0.05) is 41.1 Å². The molecule has 4 rings (SSSR count). The van der Waals surface area contributed by atoms with E-state index in [0.29, 0.717) is 11.4 Å². The molecule has 0 atom stereocenters. The van der Waals surface area contributed by atoms with Gasteiger partial charge in [0.15, 0.2) is 0 Å². The van der Waals surface area contributed by atoms with Crippen LogP contribution in [0, 0.1) is 0 Å². The number of carbonyl (C=O) groups is 1. The van der Waals surface area contributed by atoms with Crippen molar-refractivity contribution in [3.05, 3.63) is 82.3 Å². The van der Waals surface area contributed by atoms with Gasteiger partial charge in [0.25, 0.3) is 5.91 Å². The lowest BCUT2D eigenvalue weighted by Gasteiger charge is -2.06. The fourth-order valence-corrected chi connectivity index (χ4v) is 3.53. The zero-order chi connectivity index (χ0) is 18.8. The van der Waals surface area contributed by atoms with E-state index >= 15 is 0 Å². The first-order valence-corrected chi connectivity index (χ1v) is 9.49. The van der Waals surface area contributed by atoms with Gasteiger partial charge in [-0.15, -0.1) is 0 Å². The highest BCUT2D eigenvalue weighted by Crippen LogP contribution is 2.33.